The largest absolute Gasteiger partial charge is 0.507 e. The van der Waals surface area contributed by atoms with Crippen LogP contribution in [-0.4, -0.2) is 39.2 Å². The van der Waals surface area contributed by atoms with E-state index in [0.29, 0.717) is 5.70 Å². The molecular weight excluding hydrogens is 298 g/mol. The van der Waals surface area contributed by atoms with Gasteiger partial charge in [-0.1, -0.05) is 22.9 Å². The fraction of sp³-hybridized carbons (Fsp3) is 0.188. The molecule has 7 heteroatoms. The van der Waals surface area contributed by atoms with Gasteiger partial charge in [0.05, 0.1) is 12.5 Å². The maximum Gasteiger partial charge on any atom is 0.312 e. The van der Waals surface area contributed by atoms with Gasteiger partial charge in [0.2, 0.25) is 5.70 Å². The van der Waals surface area contributed by atoms with Gasteiger partial charge in [0.1, 0.15) is 11.3 Å². The van der Waals surface area contributed by atoms with Crippen molar-refractivity contribution in [3.05, 3.63) is 53.3 Å². The highest BCUT2D eigenvalue weighted by Crippen LogP contribution is 2.32. The van der Waals surface area contributed by atoms with E-state index in [1.807, 2.05) is 30.3 Å². The first kappa shape index (κ1) is 14.8. The molecule has 116 valence electrons. The van der Waals surface area contributed by atoms with Crippen LogP contribution in [0.15, 0.2) is 57.8 Å². The van der Waals surface area contributed by atoms with Gasteiger partial charge in [-0.3, -0.25) is 9.59 Å². The molecule has 0 saturated heterocycles. The highest BCUT2D eigenvalue weighted by molar-refractivity contribution is 5.99. The number of carbonyl (C=O) groups excluding carboxylic acids is 1. The van der Waals surface area contributed by atoms with Crippen LogP contribution < -0.4 is 0 Å². The summed E-state index contributed by atoms with van der Waals surface area (Å²) in [5.74, 6) is -1.71. The smallest absolute Gasteiger partial charge is 0.312 e. The molecule has 2 N–H and O–H groups in total. The minimum absolute atomic E-state index is 0.0726. The quantitative estimate of drug-likeness (QED) is 0.813. The van der Waals surface area contributed by atoms with Crippen molar-refractivity contribution in [3.63, 3.8) is 0 Å². The average molecular weight is 312 g/mol. The predicted molar refractivity (Wildman–Crippen MR) is 80.9 cm³/mol. The van der Waals surface area contributed by atoms with Crippen molar-refractivity contribution in [1.82, 2.24) is 0 Å². The summed E-state index contributed by atoms with van der Waals surface area (Å²) >= 11 is 0. The lowest BCUT2D eigenvalue weighted by Gasteiger charge is -2.16. The van der Waals surface area contributed by atoms with Crippen LogP contribution in [0.4, 0.5) is 0 Å². The molecule has 0 bridgehead atoms. The van der Waals surface area contributed by atoms with Gasteiger partial charge in [0.25, 0.3) is 0 Å². The molecule has 1 aromatic carbocycles. The van der Waals surface area contributed by atoms with Crippen molar-refractivity contribution in [2.75, 3.05) is 0 Å². The number of aliphatic imine (C=N–C) groups is 1. The lowest BCUT2D eigenvalue weighted by molar-refractivity contribution is -0.520. The summed E-state index contributed by atoms with van der Waals surface area (Å²) in [5, 5.41) is 23.1. The van der Waals surface area contributed by atoms with E-state index in [1.165, 1.54) is 12.4 Å². The van der Waals surface area contributed by atoms with Crippen molar-refractivity contribution in [2.24, 2.45) is 10.1 Å². The predicted octanol–water partition coefficient (Wildman–Crippen LogP) is 2.12. The number of aliphatic hydroxyl groups excluding tert-OH is 1. The third-order valence-electron chi connectivity index (χ3n) is 3.61. The molecule has 2 aliphatic rings. The Morgan fingerprint density at radius 3 is 2.61 bits per heavy atom. The van der Waals surface area contributed by atoms with Crippen molar-refractivity contribution >= 4 is 23.8 Å². The molecule has 7 nitrogen and oxygen atoms in total. The summed E-state index contributed by atoms with van der Waals surface area (Å²) in [7, 11) is 0. The van der Waals surface area contributed by atoms with Gasteiger partial charge >= 0.3 is 12.1 Å². The van der Waals surface area contributed by atoms with E-state index in [-0.39, 0.29) is 24.2 Å². The number of allylic oxidation sites excluding steroid dienone is 1. The Morgan fingerprint density at radius 2 is 1.91 bits per heavy atom. The fourth-order valence-electron chi connectivity index (χ4n) is 2.54. The Morgan fingerprint density at radius 1 is 1.17 bits per heavy atom. The molecule has 0 radical (unpaired) electrons. The van der Waals surface area contributed by atoms with E-state index in [1.54, 1.807) is 4.70 Å². The molecule has 2 aliphatic heterocycles. The SMILES string of the molecule is O=C(O)CCC(=O)C1=C(O)C=C(c2ccccc2)[N+]2=NC=NC12. The molecule has 0 aromatic heterocycles. The molecule has 1 unspecified atom stereocenters. The van der Waals surface area contributed by atoms with E-state index in [9.17, 15) is 14.7 Å². The number of hydrogen-bond acceptors (Lipinski definition) is 5. The third-order valence-corrected chi connectivity index (χ3v) is 3.61. The summed E-state index contributed by atoms with van der Waals surface area (Å²) in [6.45, 7) is 0. The molecule has 0 saturated carbocycles. The summed E-state index contributed by atoms with van der Waals surface area (Å²) in [4.78, 5) is 27.0. The van der Waals surface area contributed by atoms with Crippen molar-refractivity contribution in [3.8, 4) is 0 Å². The second-order valence-corrected chi connectivity index (χ2v) is 5.11. The monoisotopic (exact) mass is 312 g/mol. The lowest BCUT2D eigenvalue weighted by Crippen LogP contribution is -2.30. The number of azo groups is 2. The van der Waals surface area contributed by atoms with Crippen LogP contribution in [0, 0.1) is 0 Å². The number of aliphatic hydroxyl groups is 1. The van der Waals surface area contributed by atoms with Gasteiger partial charge in [-0.15, -0.1) is 0 Å². The molecule has 23 heavy (non-hydrogen) atoms. The van der Waals surface area contributed by atoms with Crippen LogP contribution in [-0.2, 0) is 9.59 Å². The maximum atomic E-state index is 12.2. The van der Waals surface area contributed by atoms with Gasteiger partial charge in [-0.05, 0) is 12.1 Å². The van der Waals surface area contributed by atoms with Gasteiger partial charge in [-0.25, -0.2) is 0 Å². The molecule has 0 spiro atoms. The number of ketones is 1. The molecule has 0 fully saturated rings. The van der Waals surface area contributed by atoms with Crippen molar-refractivity contribution < 1.29 is 24.5 Å². The Balaban J connectivity index is 1.99. The summed E-state index contributed by atoms with van der Waals surface area (Å²) in [6.07, 6.45) is 1.54. The van der Waals surface area contributed by atoms with E-state index in [0.717, 1.165) is 5.56 Å². The number of aliphatic carboxylic acids is 1. The van der Waals surface area contributed by atoms with Crippen LogP contribution in [0.5, 0.6) is 0 Å². The Hall–Kier alpha value is -3.09. The van der Waals surface area contributed by atoms with Crippen LogP contribution in [0.25, 0.3) is 5.70 Å². The fourth-order valence-corrected chi connectivity index (χ4v) is 2.54. The standard InChI is InChI=1S/C16H13N3O4/c20-12(6-7-14(22)23)15-13(21)8-11(10-4-2-1-3-5-10)19-16(15)17-9-18-19/h1-5,8-9,16H,6-7H2,(H-,20,21,22,23)/p+1. The van der Waals surface area contributed by atoms with Crippen molar-refractivity contribution in [1.29, 1.82) is 0 Å². The first-order chi connectivity index (χ1) is 11.1. The Labute approximate surface area is 131 Å². The molecule has 2 heterocycles. The minimum Gasteiger partial charge on any atom is -0.507 e. The van der Waals surface area contributed by atoms with Gasteiger partial charge in [-0.2, -0.15) is 4.99 Å². The number of benzene rings is 1. The van der Waals surface area contributed by atoms with E-state index >= 15 is 0 Å². The number of Topliss-reactive ketones (excluding diaryl/α,β-unsaturated/α-hetero) is 1. The number of carbonyl (C=O) groups is 2. The first-order valence-corrected chi connectivity index (χ1v) is 7.05. The molecule has 3 rings (SSSR count). The van der Waals surface area contributed by atoms with Crippen LogP contribution in [0.2, 0.25) is 0 Å². The topological polar surface area (TPSA) is 102 Å². The zero-order chi connectivity index (χ0) is 16.4. The zero-order valence-electron chi connectivity index (χ0n) is 12.1. The van der Waals surface area contributed by atoms with Gasteiger partial charge in [0, 0.05) is 17.1 Å². The van der Waals surface area contributed by atoms with E-state index in [2.05, 4.69) is 10.1 Å². The lowest BCUT2D eigenvalue weighted by atomic mass is 9.97. The number of rotatable bonds is 5. The third kappa shape index (κ3) is 2.80. The Kier molecular flexibility index (Phi) is 3.84. The van der Waals surface area contributed by atoms with Gasteiger partial charge in [0.15, 0.2) is 12.1 Å². The second kappa shape index (κ2) is 5.96. The van der Waals surface area contributed by atoms with Crippen molar-refractivity contribution in [2.45, 2.75) is 19.0 Å². The van der Waals surface area contributed by atoms with Crippen LogP contribution in [0.3, 0.4) is 0 Å². The average Bonchev–Trinajstić information content (AvgIpc) is 3.01. The number of nitrogens with zero attached hydrogens (tertiary/aromatic N) is 3. The second-order valence-electron chi connectivity index (χ2n) is 5.11. The van der Waals surface area contributed by atoms with Crippen LogP contribution >= 0.6 is 0 Å². The maximum absolute atomic E-state index is 12.2. The van der Waals surface area contributed by atoms with E-state index < -0.39 is 17.9 Å². The number of fused-ring (bicyclic) bond motifs is 1. The van der Waals surface area contributed by atoms with Gasteiger partial charge < -0.3 is 10.2 Å². The summed E-state index contributed by atoms with van der Waals surface area (Å²) in [6, 6.07) is 9.31. The number of carboxylic acid groups (broad SMARTS) is 1. The highest BCUT2D eigenvalue weighted by atomic mass is 16.4. The number of hydrogen-bond donors (Lipinski definition) is 2. The van der Waals surface area contributed by atoms with Crippen LogP contribution in [0.1, 0.15) is 18.4 Å². The van der Waals surface area contributed by atoms with E-state index in [4.69, 9.17) is 5.11 Å². The molecule has 1 atom stereocenters. The Bertz CT molecular complexity index is 791. The molecule has 0 aliphatic carbocycles. The summed E-state index contributed by atoms with van der Waals surface area (Å²) < 4.78 is 1.54. The zero-order valence-corrected chi connectivity index (χ0v) is 12.1. The number of carboxylic acids is 1. The summed E-state index contributed by atoms with van der Waals surface area (Å²) in [5.41, 5.74) is 1.53. The molecule has 0 amide bonds. The normalized spacial score (nSPS) is 19.2. The highest BCUT2D eigenvalue weighted by Gasteiger charge is 2.43. The minimum atomic E-state index is -1.06. The molecular formula is C16H14N3O4+. The molecule has 1 aromatic rings. The first-order valence-electron chi connectivity index (χ1n) is 7.05.